The van der Waals surface area contributed by atoms with Crippen molar-refractivity contribution in [2.45, 2.75) is 79.1 Å². The van der Waals surface area contributed by atoms with Crippen LogP contribution in [0.4, 0.5) is 0 Å². The van der Waals surface area contributed by atoms with Crippen molar-refractivity contribution >= 4 is 5.78 Å². The minimum atomic E-state index is 0.333. The lowest BCUT2D eigenvalue weighted by atomic mass is 9.47. The van der Waals surface area contributed by atoms with Crippen LogP contribution in [0, 0.1) is 28.6 Å². The average Bonchev–Trinajstić information content (AvgIpc) is 2.42. The van der Waals surface area contributed by atoms with Gasteiger partial charge in [0.15, 0.2) is 5.78 Å². The molecule has 0 radical (unpaired) electrons. The molecule has 3 rings (SSSR count). The molecule has 0 aliphatic heterocycles. The van der Waals surface area contributed by atoms with Crippen LogP contribution in [0.5, 0.6) is 0 Å². The maximum Gasteiger partial charge on any atom is 0.155 e. The fourth-order valence-corrected chi connectivity index (χ4v) is 5.97. The molecular weight excluding hydrogens is 256 g/mol. The highest BCUT2D eigenvalue weighted by atomic mass is 16.1. The van der Waals surface area contributed by atoms with E-state index in [4.69, 9.17) is 0 Å². The predicted molar refractivity (Wildman–Crippen MR) is 88.1 cm³/mol. The van der Waals surface area contributed by atoms with Gasteiger partial charge >= 0.3 is 0 Å². The lowest BCUT2D eigenvalue weighted by Crippen LogP contribution is -2.50. The van der Waals surface area contributed by atoms with Crippen LogP contribution >= 0.6 is 0 Å². The molecule has 21 heavy (non-hydrogen) atoms. The van der Waals surface area contributed by atoms with Crippen molar-refractivity contribution in [1.29, 1.82) is 0 Å². The summed E-state index contributed by atoms with van der Waals surface area (Å²) >= 11 is 0. The molecule has 4 unspecified atom stereocenters. The molecule has 1 heteroatoms. The SMILES string of the molecule is CCCC1C2CCC3=CC(=O)CCC3(C)C2CCC1(C)C. The van der Waals surface area contributed by atoms with E-state index in [2.05, 4.69) is 27.7 Å². The van der Waals surface area contributed by atoms with Crippen LogP contribution in [0.1, 0.15) is 79.1 Å². The minimum Gasteiger partial charge on any atom is -0.295 e. The van der Waals surface area contributed by atoms with E-state index in [1.165, 1.54) is 44.1 Å². The second-order valence-corrected chi connectivity index (χ2v) is 8.78. The number of carbonyl (C=O) groups is 1. The first-order valence-corrected chi connectivity index (χ1v) is 9.12. The fourth-order valence-electron chi connectivity index (χ4n) is 5.97. The fraction of sp³-hybridized carbons (Fsp3) is 0.850. The third-order valence-corrected chi connectivity index (χ3v) is 7.26. The van der Waals surface area contributed by atoms with Gasteiger partial charge in [0.25, 0.3) is 0 Å². The van der Waals surface area contributed by atoms with Gasteiger partial charge in [-0.15, -0.1) is 0 Å². The maximum atomic E-state index is 11.8. The summed E-state index contributed by atoms with van der Waals surface area (Å²) in [7, 11) is 0. The summed E-state index contributed by atoms with van der Waals surface area (Å²) in [5, 5.41) is 0. The van der Waals surface area contributed by atoms with Crippen molar-refractivity contribution in [2.24, 2.45) is 28.6 Å². The Morgan fingerprint density at radius 3 is 2.62 bits per heavy atom. The summed E-state index contributed by atoms with van der Waals surface area (Å²) in [6.07, 6.45) is 11.9. The third kappa shape index (κ3) is 2.41. The van der Waals surface area contributed by atoms with Crippen molar-refractivity contribution < 1.29 is 4.79 Å². The summed E-state index contributed by atoms with van der Waals surface area (Å²) in [5.74, 6) is 2.98. The summed E-state index contributed by atoms with van der Waals surface area (Å²) in [4.78, 5) is 11.8. The summed E-state index contributed by atoms with van der Waals surface area (Å²) in [6, 6.07) is 0. The Bertz CT molecular complexity index is 458. The molecule has 0 N–H and O–H groups in total. The van der Waals surface area contributed by atoms with Crippen LogP contribution in [0.25, 0.3) is 0 Å². The number of allylic oxidation sites excluding steroid dienone is 2. The molecule has 0 bridgehead atoms. The van der Waals surface area contributed by atoms with Gasteiger partial charge in [0, 0.05) is 6.42 Å². The van der Waals surface area contributed by atoms with Crippen molar-refractivity contribution in [3.05, 3.63) is 11.6 Å². The molecule has 0 aromatic rings. The van der Waals surface area contributed by atoms with E-state index in [1.54, 1.807) is 0 Å². The highest BCUT2D eigenvalue weighted by Crippen LogP contribution is 2.62. The van der Waals surface area contributed by atoms with E-state index in [1.807, 2.05) is 6.08 Å². The molecule has 2 saturated carbocycles. The molecule has 1 nitrogen and oxygen atoms in total. The van der Waals surface area contributed by atoms with Gasteiger partial charge in [0.2, 0.25) is 0 Å². The Morgan fingerprint density at radius 1 is 1.14 bits per heavy atom. The molecule has 0 saturated heterocycles. The van der Waals surface area contributed by atoms with E-state index in [9.17, 15) is 4.79 Å². The highest BCUT2D eigenvalue weighted by molar-refractivity contribution is 5.91. The molecule has 0 heterocycles. The molecule has 0 aromatic carbocycles. The number of ketones is 1. The first-order valence-electron chi connectivity index (χ1n) is 9.12. The second kappa shape index (κ2) is 5.25. The first kappa shape index (κ1) is 15.3. The maximum absolute atomic E-state index is 11.8. The normalized spacial score (nSPS) is 42.0. The molecular formula is C20H32O. The molecule has 3 aliphatic carbocycles. The van der Waals surface area contributed by atoms with E-state index >= 15 is 0 Å². The van der Waals surface area contributed by atoms with Crippen LogP contribution < -0.4 is 0 Å². The number of hydrogen-bond acceptors (Lipinski definition) is 1. The predicted octanol–water partition coefficient (Wildman–Crippen LogP) is 5.54. The average molecular weight is 288 g/mol. The number of carbonyl (C=O) groups excluding carboxylic acids is 1. The van der Waals surface area contributed by atoms with Crippen molar-refractivity contribution in [1.82, 2.24) is 0 Å². The van der Waals surface area contributed by atoms with Crippen molar-refractivity contribution in [3.8, 4) is 0 Å². The zero-order valence-electron chi connectivity index (χ0n) is 14.4. The monoisotopic (exact) mass is 288 g/mol. The minimum absolute atomic E-state index is 0.333. The van der Waals surface area contributed by atoms with Crippen LogP contribution in [0.2, 0.25) is 0 Å². The van der Waals surface area contributed by atoms with E-state index in [-0.39, 0.29) is 0 Å². The number of rotatable bonds is 2. The lowest BCUT2D eigenvalue weighted by molar-refractivity contribution is -0.117. The van der Waals surface area contributed by atoms with Gasteiger partial charge in [-0.25, -0.2) is 0 Å². The summed E-state index contributed by atoms with van der Waals surface area (Å²) in [6.45, 7) is 9.82. The first-order chi connectivity index (χ1) is 9.88. The molecule has 4 atom stereocenters. The second-order valence-electron chi connectivity index (χ2n) is 8.78. The highest BCUT2D eigenvalue weighted by Gasteiger charge is 2.53. The van der Waals surface area contributed by atoms with E-state index < -0.39 is 0 Å². The Morgan fingerprint density at radius 2 is 1.90 bits per heavy atom. The Balaban J connectivity index is 1.93. The summed E-state index contributed by atoms with van der Waals surface area (Å²) < 4.78 is 0. The molecule has 2 fully saturated rings. The van der Waals surface area contributed by atoms with Gasteiger partial charge in [0.05, 0.1) is 0 Å². The van der Waals surface area contributed by atoms with Crippen LogP contribution in [0.15, 0.2) is 11.6 Å². The van der Waals surface area contributed by atoms with E-state index in [0.717, 1.165) is 30.6 Å². The van der Waals surface area contributed by atoms with Crippen LogP contribution in [-0.2, 0) is 4.79 Å². The number of hydrogen-bond donors (Lipinski definition) is 0. The van der Waals surface area contributed by atoms with E-state index in [0.29, 0.717) is 16.6 Å². The van der Waals surface area contributed by atoms with Crippen LogP contribution in [-0.4, -0.2) is 5.78 Å². The molecule has 118 valence electrons. The van der Waals surface area contributed by atoms with Crippen LogP contribution in [0.3, 0.4) is 0 Å². The van der Waals surface area contributed by atoms with Gasteiger partial charge in [-0.05, 0) is 73.2 Å². The Hall–Kier alpha value is -0.590. The Kier molecular flexibility index (Phi) is 3.83. The van der Waals surface area contributed by atoms with Gasteiger partial charge < -0.3 is 0 Å². The lowest BCUT2D eigenvalue weighted by Gasteiger charge is -2.58. The molecule has 3 aliphatic rings. The standard InChI is InChI=1S/C20H32O/c1-5-6-17-16-8-7-14-13-15(21)9-12-20(14,4)18(16)10-11-19(17,2)3/h13,16-18H,5-12H2,1-4H3. The zero-order chi connectivity index (χ0) is 15.3. The number of fused-ring (bicyclic) bond motifs is 3. The van der Waals surface area contributed by atoms with Gasteiger partial charge in [-0.2, -0.15) is 0 Å². The molecule has 0 aromatic heterocycles. The third-order valence-electron chi connectivity index (χ3n) is 7.26. The van der Waals surface area contributed by atoms with Gasteiger partial charge in [-0.3, -0.25) is 4.79 Å². The van der Waals surface area contributed by atoms with Gasteiger partial charge in [0.1, 0.15) is 0 Å². The van der Waals surface area contributed by atoms with Crippen molar-refractivity contribution in [3.63, 3.8) is 0 Å². The Labute approximate surface area is 130 Å². The molecule has 0 spiro atoms. The summed E-state index contributed by atoms with van der Waals surface area (Å²) in [5.41, 5.74) is 2.34. The smallest absolute Gasteiger partial charge is 0.155 e. The van der Waals surface area contributed by atoms with Gasteiger partial charge in [-0.1, -0.05) is 39.7 Å². The largest absolute Gasteiger partial charge is 0.295 e. The topological polar surface area (TPSA) is 17.1 Å². The molecule has 0 amide bonds. The van der Waals surface area contributed by atoms with Crippen molar-refractivity contribution in [2.75, 3.05) is 0 Å². The quantitative estimate of drug-likeness (QED) is 0.651. The zero-order valence-corrected chi connectivity index (χ0v) is 14.4.